The molecule has 4 rings (SSSR count). The van der Waals surface area contributed by atoms with E-state index in [-0.39, 0.29) is 17.6 Å². The molecule has 8 nitrogen and oxygen atoms in total. The standard InChI is InChI=1S/C20H17ClN6O2S/c1-12-8-9-15(14(21)10-12)22-16(28)11-30-20-25-24-18(27(20)2)19-23-17(26-29-19)13-6-4-3-5-7-13/h3-10H,11H2,1-2H3,(H,22,28). The van der Waals surface area contributed by atoms with Crippen molar-refractivity contribution < 1.29 is 9.32 Å². The van der Waals surface area contributed by atoms with Crippen LogP contribution in [0.5, 0.6) is 0 Å². The van der Waals surface area contributed by atoms with Crippen LogP contribution in [-0.2, 0) is 11.8 Å². The molecule has 0 aliphatic carbocycles. The average molecular weight is 441 g/mol. The molecule has 0 unspecified atom stereocenters. The third kappa shape index (κ3) is 4.37. The lowest BCUT2D eigenvalue weighted by atomic mass is 10.2. The van der Waals surface area contributed by atoms with E-state index in [1.165, 1.54) is 11.8 Å². The van der Waals surface area contributed by atoms with Crippen molar-refractivity contribution in [3.63, 3.8) is 0 Å². The lowest BCUT2D eigenvalue weighted by Crippen LogP contribution is -2.14. The number of carbonyl (C=O) groups excluding carboxylic acids is 1. The third-order valence-corrected chi connectivity index (χ3v) is 5.55. The molecule has 2 heterocycles. The minimum absolute atomic E-state index is 0.148. The van der Waals surface area contributed by atoms with Crippen LogP contribution >= 0.6 is 23.4 Å². The Morgan fingerprint density at radius 1 is 1.20 bits per heavy atom. The fourth-order valence-corrected chi connectivity index (χ4v) is 3.68. The number of aryl methyl sites for hydroxylation is 1. The molecule has 0 radical (unpaired) electrons. The van der Waals surface area contributed by atoms with Crippen molar-refractivity contribution in [2.45, 2.75) is 12.1 Å². The molecular weight excluding hydrogens is 424 g/mol. The van der Waals surface area contributed by atoms with Crippen molar-refractivity contribution >= 4 is 35.0 Å². The Morgan fingerprint density at radius 3 is 2.77 bits per heavy atom. The average Bonchev–Trinajstić information content (AvgIpc) is 3.36. The second-order valence-corrected chi connectivity index (χ2v) is 7.82. The molecule has 0 aliphatic heterocycles. The van der Waals surface area contributed by atoms with Gasteiger partial charge in [-0.05, 0) is 24.6 Å². The second-order valence-electron chi connectivity index (χ2n) is 6.47. The summed E-state index contributed by atoms with van der Waals surface area (Å²) in [5.74, 6) is 1.10. The van der Waals surface area contributed by atoms with Gasteiger partial charge in [0.05, 0.1) is 16.5 Å². The van der Waals surface area contributed by atoms with Crippen molar-refractivity contribution in [1.82, 2.24) is 24.9 Å². The predicted molar refractivity (Wildman–Crippen MR) is 115 cm³/mol. The highest BCUT2D eigenvalue weighted by atomic mass is 35.5. The number of amides is 1. The summed E-state index contributed by atoms with van der Waals surface area (Å²) >= 11 is 7.41. The smallest absolute Gasteiger partial charge is 0.296 e. The summed E-state index contributed by atoms with van der Waals surface area (Å²) < 4.78 is 7.05. The number of nitrogens with one attached hydrogen (secondary N) is 1. The van der Waals surface area contributed by atoms with Gasteiger partial charge in [-0.15, -0.1) is 10.2 Å². The van der Waals surface area contributed by atoms with Crippen molar-refractivity contribution in [2.75, 3.05) is 11.1 Å². The molecule has 0 bridgehead atoms. The molecule has 0 spiro atoms. The van der Waals surface area contributed by atoms with E-state index in [1.54, 1.807) is 23.7 Å². The van der Waals surface area contributed by atoms with E-state index in [1.807, 2.05) is 43.3 Å². The van der Waals surface area contributed by atoms with E-state index in [0.29, 0.717) is 27.5 Å². The number of anilines is 1. The first-order valence-electron chi connectivity index (χ1n) is 8.99. The van der Waals surface area contributed by atoms with Gasteiger partial charge in [0.2, 0.25) is 17.6 Å². The quantitative estimate of drug-likeness (QED) is 0.448. The zero-order valence-corrected chi connectivity index (χ0v) is 17.7. The van der Waals surface area contributed by atoms with Crippen molar-refractivity contribution in [1.29, 1.82) is 0 Å². The van der Waals surface area contributed by atoms with Gasteiger partial charge >= 0.3 is 0 Å². The summed E-state index contributed by atoms with van der Waals surface area (Å²) in [6.45, 7) is 1.94. The number of hydrogen-bond donors (Lipinski definition) is 1. The molecule has 0 saturated carbocycles. The Balaban J connectivity index is 1.42. The molecule has 0 saturated heterocycles. The van der Waals surface area contributed by atoms with Crippen LogP contribution in [-0.4, -0.2) is 36.6 Å². The van der Waals surface area contributed by atoms with Crippen molar-refractivity contribution in [3.05, 3.63) is 59.1 Å². The van der Waals surface area contributed by atoms with Gasteiger partial charge in [0.15, 0.2) is 5.16 Å². The van der Waals surface area contributed by atoms with Crippen LogP contribution in [0.15, 0.2) is 58.2 Å². The number of halogens is 1. The van der Waals surface area contributed by atoms with Crippen LogP contribution in [0.4, 0.5) is 5.69 Å². The van der Waals surface area contributed by atoms with Gasteiger partial charge in [0, 0.05) is 12.6 Å². The summed E-state index contributed by atoms with van der Waals surface area (Å²) in [5, 5.41) is 16.1. The summed E-state index contributed by atoms with van der Waals surface area (Å²) in [6.07, 6.45) is 0. The number of aromatic nitrogens is 5. The highest BCUT2D eigenvalue weighted by Gasteiger charge is 2.19. The van der Waals surface area contributed by atoms with Gasteiger partial charge in [0.1, 0.15) is 0 Å². The zero-order valence-electron chi connectivity index (χ0n) is 16.2. The van der Waals surface area contributed by atoms with Crippen molar-refractivity contribution in [2.24, 2.45) is 7.05 Å². The fraction of sp³-hybridized carbons (Fsp3) is 0.150. The Kier molecular flexibility index (Phi) is 5.82. The lowest BCUT2D eigenvalue weighted by molar-refractivity contribution is -0.113. The Labute approximate surface area is 181 Å². The summed E-state index contributed by atoms with van der Waals surface area (Å²) in [6, 6.07) is 15.0. The first kappa shape index (κ1) is 20.1. The highest BCUT2D eigenvalue weighted by molar-refractivity contribution is 7.99. The van der Waals surface area contributed by atoms with Crippen LogP contribution < -0.4 is 5.32 Å². The lowest BCUT2D eigenvalue weighted by Gasteiger charge is -2.07. The molecule has 2 aromatic carbocycles. The molecule has 2 aromatic heterocycles. The number of nitrogens with zero attached hydrogens (tertiary/aromatic N) is 5. The number of hydrogen-bond acceptors (Lipinski definition) is 7. The number of benzene rings is 2. The van der Waals surface area contributed by atoms with Crippen LogP contribution in [0, 0.1) is 6.92 Å². The van der Waals surface area contributed by atoms with E-state index >= 15 is 0 Å². The molecule has 30 heavy (non-hydrogen) atoms. The highest BCUT2D eigenvalue weighted by Crippen LogP contribution is 2.25. The fourth-order valence-electron chi connectivity index (χ4n) is 2.68. The molecule has 10 heteroatoms. The number of rotatable bonds is 6. The third-order valence-electron chi connectivity index (χ3n) is 4.22. The SMILES string of the molecule is Cc1ccc(NC(=O)CSc2nnc(-c3nc(-c4ccccc4)no3)n2C)c(Cl)c1. The van der Waals surface area contributed by atoms with Crippen LogP contribution in [0.1, 0.15) is 5.56 Å². The molecule has 0 fully saturated rings. The molecule has 1 N–H and O–H groups in total. The predicted octanol–water partition coefficient (Wildman–Crippen LogP) is 4.22. The zero-order chi connectivity index (χ0) is 21.1. The van der Waals surface area contributed by atoms with Crippen molar-refractivity contribution in [3.8, 4) is 23.1 Å². The minimum atomic E-state index is -0.195. The van der Waals surface area contributed by atoms with Gasteiger partial charge in [-0.1, -0.05) is 64.9 Å². The van der Waals surface area contributed by atoms with Gasteiger partial charge in [-0.25, -0.2) is 0 Å². The molecule has 1 amide bonds. The largest absolute Gasteiger partial charge is 0.330 e. The van der Waals surface area contributed by atoms with Gasteiger partial charge in [-0.3, -0.25) is 4.79 Å². The van der Waals surface area contributed by atoms with Crippen LogP contribution in [0.25, 0.3) is 23.1 Å². The number of thioether (sulfide) groups is 1. The van der Waals surface area contributed by atoms with Gasteiger partial charge in [-0.2, -0.15) is 4.98 Å². The number of carbonyl (C=O) groups is 1. The Morgan fingerprint density at radius 2 is 2.00 bits per heavy atom. The van der Waals surface area contributed by atoms with Gasteiger partial charge in [0.25, 0.3) is 5.89 Å². The van der Waals surface area contributed by atoms with E-state index < -0.39 is 0 Å². The monoisotopic (exact) mass is 440 g/mol. The Hall–Kier alpha value is -3.17. The molecular formula is C20H17ClN6O2S. The molecule has 0 aliphatic rings. The first-order valence-corrected chi connectivity index (χ1v) is 10.4. The molecule has 152 valence electrons. The molecule has 4 aromatic rings. The topological polar surface area (TPSA) is 98.7 Å². The Bertz CT molecular complexity index is 1190. The summed E-state index contributed by atoms with van der Waals surface area (Å²) in [7, 11) is 1.78. The minimum Gasteiger partial charge on any atom is -0.330 e. The molecule has 0 atom stereocenters. The maximum absolute atomic E-state index is 12.3. The normalized spacial score (nSPS) is 10.9. The van der Waals surface area contributed by atoms with E-state index in [0.717, 1.165) is 11.1 Å². The maximum Gasteiger partial charge on any atom is 0.296 e. The van der Waals surface area contributed by atoms with E-state index in [2.05, 4.69) is 25.7 Å². The second kappa shape index (κ2) is 8.68. The first-order chi connectivity index (χ1) is 14.5. The van der Waals surface area contributed by atoms with E-state index in [9.17, 15) is 4.79 Å². The summed E-state index contributed by atoms with van der Waals surface area (Å²) in [5.41, 5.74) is 2.44. The maximum atomic E-state index is 12.3. The summed E-state index contributed by atoms with van der Waals surface area (Å²) in [4.78, 5) is 16.7. The van der Waals surface area contributed by atoms with E-state index in [4.69, 9.17) is 16.1 Å². The van der Waals surface area contributed by atoms with Crippen LogP contribution in [0.3, 0.4) is 0 Å². The van der Waals surface area contributed by atoms with Crippen LogP contribution in [0.2, 0.25) is 5.02 Å². The van der Waals surface area contributed by atoms with Gasteiger partial charge < -0.3 is 14.4 Å².